The predicted octanol–water partition coefficient (Wildman–Crippen LogP) is 4.17. The van der Waals surface area contributed by atoms with Crippen molar-refractivity contribution < 1.29 is 14.0 Å². The Hall–Kier alpha value is -3.78. The Bertz CT molecular complexity index is 1070. The molecule has 1 aliphatic heterocycles. The molecule has 0 aliphatic carbocycles. The SMILES string of the molecule is O=C(Nc1cccc(C#Cc2ccccc2)c1)C1CCN(C(=O)c2ccco2)CC1. The number of hydrogen-bond acceptors (Lipinski definition) is 3. The third kappa shape index (κ3) is 4.79. The van der Waals surface area contributed by atoms with Crippen molar-refractivity contribution in [3.05, 3.63) is 89.9 Å². The van der Waals surface area contributed by atoms with Crippen LogP contribution in [0.15, 0.2) is 77.4 Å². The largest absolute Gasteiger partial charge is 0.459 e. The first-order chi connectivity index (χ1) is 14.7. The van der Waals surface area contributed by atoms with Gasteiger partial charge in [-0.3, -0.25) is 9.59 Å². The van der Waals surface area contributed by atoms with Crippen molar-refractivity contribution in [2.45, 2.75) is 12.8 Å². The summed E-state index contributed by atoms with van der Waals surface area (Å²) in [6, 6.07) is 20.7. The first-order valence-corrected chi connectivity index (χ1v) is 10.00. The van der Waals surface area contributed by atoms with Crippen LogP contribution in [0.4, 0.5) is 5.69 Å². The van der Waals surface area contributed by atoms with Crippen molar-refractivity contribution >= 4 is 17.5 Å². The summed E-state index contributed by atoms with van der Waals surface area (Å²) in [6.45, 7) is 1.08. The number of benzene rings is 2. The molecular formula is C25H22N2O3. The Morgan fingerprint density at radius 2 is 1.63 bits per heavy atom. The van der Waals surface area contributed by atoms with Gasteiger partial charge < -0.3 is 14.6 Å². The molecule has 1 aliphatic rings. The lowest BCUT2D eigenvalue weighted by molar-refractivity contribution is -0.121. The molecular weight excluding hydrogens is 376 g/mol. The molecule has 1 aromatic heterocycles. The van der Waals surface area contributed by atoms with E-state index < -0.39 is 0 Å². The number of rotatable bonds is 3. The maximum atomic E-state index is 12.7. The van der Waals surface area contributed by atoms with Crippen LogP contribution in [-0.2, 0) is 4.79 Å². The second-order valence-electron chi connectivity index (χ2n) is 7.23. The Balaban J connectivity index is 1.33. The minimum absolute atomic E-state index is 0.0201. The molecule has 0 radical (unpaired) electrons. The van der Waals surface area contributed by atoms with Crippen LogP contribution in [-0.4, -0.2) is 29.8 Å². The molecule has 2 aromatic carbocycles. The van der Waals surface area contributed by atoms with Gasteiger partial charge in [0.25, 0.3) is 5.91 Å². The van der Waals surface area contributed by atoms with Crippen LogP contribution in [0.25, 0.3) is 0 Å². The number of likely N-dealkylation sites (tertiary alicyclic amines) is 1. The van der Waals surface area contributed by atoms with E-state index in [1.54, 1.807) is 17.0 Å². The van der Waals surface area contributed by atoms with Gasteiger partial charge in [0.2, 0.25) is 5.91 Å². The van der Waals surface area contributed by atoms with Crippen LogP contribution < -0.4 is 5.32 Å². The molecule has 4 rings (SSSR count). The molecule has 0 bridgehead atoms. The van der Waals surface area contributed by atoms with Gasteiger partial charge in [-0.1, -0.05) is 36.1 Å². The molecule has 0 unspecified atom stereocenters. The maximum absolute atomic E-state index is 12.7. The minimum Gasteiger partial charge on any atom is -0.459 e. The molecule has 2 heterocycles. The van der Waals surface area contributed by atoms with Gasteiger partial charge in [0.15, 0.2) is 5.76 Å². The van der Waals surface area contributed by atoms with Gasteiger partial charge in [-0.2, -0.15) is 0 Å². The second-order valence-corrected chi connectivity index (χ2v) is 7.23. The van der Waals surface area contributed by atoms with Crippen molar-refractivity contribution in [1.29, 1.82) is 0 Å². The molecule has 5 nitrogen and oxygen atoms in total. The number of nitrogens with one attached hydrogen (secondary N) is 1. The molecule has 2 amide bonds. The van der Waals surface area contributed by atoms with E-state index in [0.29, 0.717) is 31.7 Å². The van der Waals surface area contributed by atoms with E-state index in [1.165, 1.54) is 6.26 Å². The summed E-state index contributed by atoms with van der Waals surface area (Å²) in [5.74, 6) is 6.33. The highest BCUT2D eigenvalue weighted by Crippen LogP contribution is 2.21. The van der Waals surface area contributed by atoms with E-state index in [9.17, 15) is 9.59 Å². The average Bonchev–Trinajstić information content (AvgIpc) is 3.33. The molecule has 30 heavy (non-hydrogen) atoms. The fourth-order valence-electron chi connectivity index (χ4n) is 3.49. The topological polar surface area (TPSA) is 62.6 Å². The highest BCUT2D eigenvalue weighted by Gasteiger charge is 2.28. The second kappa shape index (κ2) is 9.15. The fraction of sp³-hybridized carbons (Fsp3) is 0.200. The Morgan fingerprint density at radius 3 is 2.37 bits per heavy atom. The zero-order valence-corrected chi connectivity index (χ0v) is 16.5. The molecule has 150 valence electrons. The normalized spacial score (nSPS) is 13.9. The molecule has 1 fully saturated rings. The number of hydrogen-bond donors (Lipinski definition) is 1. The van der Waals surface area contributed by atoms with Gasteiger partial charge in [-0.15, -0.1) is 0 Å². The van der Waals surface area contributed by atoms with Gasteiger partial charge in [0, 0.05) is 35.8 Å². The highest BCUT2D eigenvalue weighted by molar-refractivity contribution is 5.94. The van der Waals surface area contributed by atoms with Crippen molar-refractivity contribution in [2.75, 3.05) is 18.4 Å². The molecule has 3 aromatic rings. The summed E-state index contributed by atoms with van der Waals surface area (Å²) in [4.78, 5) is 26.8. The van der Waals surface area contributed by atoms with E-state index in [-0.39, 0.29) is 17.7 Å². The van der Waals surface area contributed by atoms with Gasteiger partial charge >= 0.3 is 0 Å². The van der Waals surface area contributed by atoms with Crippen molar-refractivity contribution in [3.63, 3.8) is 0 Å². The van der Waals surface area contributed by atoms with Crippen LogP contribution in [0.5, 0.6) is 0 Å². The number of amides is 2. The van der Waals surface area contributed by atoms with Crippen LogP contribution >= 0.6 is 0 Å². The number of piperidine rings is 1. The molecule has 1 N–H and O–H groups in total. The van der Waals surface area contributed by atoms with Crippen LogP contribution in [0.1, 0.15) is 34.5 Å². The summed E-state index contributed by atoms with van der Waals surface area (Å²) < 4.78 is 5.18. The Kier molecular flexibility index (Phi) is 5.95. The summed E-state index contributed by atoms with van der Waals surface area (Å²) >= 11 is 0. The van der Waals surface area contributed by atoms with E-state index >= 15 is 0 Å². The highest BCUT2D eigenvalue weighted by atomic mass is 16.3. The van der Waals surface area contributed by atoms with Crippen LogP contribution in [0.2, 0.25) is 0 Å². The average molecular weight is 398 g/mol. The Labute approximate surface area is 175 Å². The van der Waals surface area contributed by atoms with Crippen molar-refractivity contribution in [3.8, 4) is 11.8 Å². The first kappa shape index (κ1) is 19.5. The van der Waals surface area contributed by atoms with Gasteiger partial charge in [0.1, 0.15) is 0 Å². The minimum atomic E-state index is -0.122. The predicted molar refractivity (Wildman–Crippen MR) is 115 cm³/mol. The van der Waals surface area contributed by atoms with E-state index in [4.69, 9.17) is 4.42 Å². The summed E-state index contributed by atoms with van der Waals surface area (Å²) in [5, 5.41) is 2.99. The lowest BCUT2D eigenvalue weighted by atomic mass is 9.95. The maximum Gasteiger partial charge on any atom is 0.289 e. The third-order valence-corrected chi connectivity index (χ3v) is 5.14. The van der Waals surface area contributed by atoms with Crippen LogP contribution in [0, 0.1) is 17.8 Å². The first-order valence-electron chi connectivity index (χ1n) is 10.00. The lowest BCUT2D eigenvalue weighted by Crippen LogP contribution is -2.41. The fourth-order valence-corrected chi connectivity index (χ4v) is 3.49. The smallest absolute Gasteiger partial charge is 0.289 e. The lowest BCUT2D eigenvalue weighted by Gasteiger charge is -2.30. The van der Waals surface area contributed by atoms with Gasteiger partial charge in [-0.25, -0.2) is 0 Å². The van der Waals surface area contributed by atoms with E-state index in [2.05, 4.69) is 17.2 Å². The number of carbonyl (C=O) groups excluding carboxylic acids is 2. The summed E-state index contributed by atoms with van der Waals surface area (Å²) in [7, 11) is 0. The Morgan fingerprint density at radius 1 is 0.900 bits per heavy atom. The molecule has 0 saturated carbocycles. The molecule has 0 spiro atoms. The van der Waals surface area contributed by atoms with Gasteiger partial charge in [0.05, 0.1) is 6.26 Å². The quantitative estimate of drug-likeness (QED) is 0.674. The zero-order valence-electron chi connectivity index (χ0n) is 16.5. The van der Waals surface area contributed by atoms with Crippen molar-refractivity contribution in [2.24, 2.45) is 5.92 Å². The molecule has 5 heteroatoms. The van der Waals surface area contributed by atoms with Crippen molar-refractivity contribution in [1.82, 2.24) is 4.90 Å². The number of nitrogens with zero attached hydrogens (tertiary/aromatic N) is 1. The summed E-state index contributed by atoms with van der Waals surface area (Å²) in [5.41, 5.74) is 2.52. The molecule has 0 atom stereocenters. The zero-order chi connectivity index (χ0) is 20.8. The standard InChI is InChI=1S/C25H22N2O3/c28-24(21-13-15-27(16-14-21)25(29)23-10-5-17-30-23)26-22-9-4-8-20(18-22)12-11-19-6-2-1-3-7-19/h1-10,17-18,21H,13-16H2,(H,26,28). The monoisotopic (exact) mass is 398 g/mol. The number of furan rings is 1. The van der Waals surface area contributed by atoms with E-state index in [0.717, 1.165) is 16.8 Å². The number of anilines is 1. The third-order valence-electron chi connectivity index (χ3n) is 5.14. The van der Waals surface area contributed by atoms with Gasteiger partial charge in [-0.05, 0) is 55.3 Å². The number of carbonyl (C=O) groups is 2. The molecule has 1 saturated heterocycles. The summed E-state index contributed by atoms with van der Waals surface area (Å²) in [6.07, 6.45) is 2.75. The van der Waals surface area contributed by atoms with E-state index in [1.807, 2.05) is 54.6 Å². The van der Waals surface area contributed by atoms with Crippen LogP contribution in [0.3, 0.4) is 0 Å².